The minimum atomic E-state index is -0.321. The number of hydrogen-bond acceptors (Lipinski definition) is 3. The van der Waals surface area contributed by atoms with E-state index in [1.54, 1.807) is 12.3 Å². The largest absolute Gasteiger partial charge is 0.507 e. The summed E-state index contributed by atoms with van der Waals surface area (Å²) in [6.07, 6.45) is 1.78. The Bertz CT molecular complexity index is 1430. The molecule has 0 saturated heterocycles. The molecule has 1 N–H and O–H groups in total. The summed E-state index contributed by atoms with van der Waals surface area (Å²) in [6, 6.07) is 37.2. The van der Waals surface area contributed by atoms with E-state index in [9.17, 15) is 5.11 Å². The Labute approximate surface area is 220 Å². The van der Waals surface area contributed by atoms with Crippen LogP contribution in [-0.4, -0.2) is 15.1 Å². The minimum absolute atomic E-state index is 0. The maximum Gasteiger partial charge on any atom is 0.125 e. The first-order valence-corrected chi connectivity index (χ1v) is 11.3. The molecule has 0 amide bonds. The summed E-state index contributed by atoms with van der Waals surface area (Å²) in [4.78, 5) is 9.41. The topological polar surface area (TPSA) is 46.0 Å². The van der Waals surface area contributed by atoms with Crippen molar-refractivity contribution in [1.82, 2.24) is 9.97 Å². The van der Waals surface area contributed by atoms with E-state index >= 15 is 0 Å². The van der Waals surface area contributed by atoms with Gasteiger partial charge in [-0.3, -0.25) is 9.97 Å². The fraction of sp³-hybridized carbons (Fsp3) is 0.0968. The summed E-state index contributed by atoms with van der Waals surface area (Å²) < 4.78 is 0. The maximum absolute atomic E-state index is 11.0. The van der Waals surface area contributed by atoms with Crippen molar-refractivity contribution >= 4 is 0 Å². The molecule has 0 aliphatic heterocycles. The summed E-state index contributed by atoms with van der Waals surface area (Å²) >= 11 is 0. The van der Waals surface area contributed by atoms with E-state index in [1.165, 1.54) is 5.56 Å². The van der Waals surface area contributed by atoms with Gasteiger partial charge in [0.2, 0.25) is 0 Å². The van der Waals surface area contributed by atoms with Crippen LogP contribution in [0.3, 0.4) is 0 Å². The predicted molar refractivity (Wildman–Crippen MR) is 137 cm³/mol. The first-order valence-electron chi connectivity index (χ1n) is 11.3. The summed E-state index contributed by atoms with van der Waals surface area (Å²) in [5.74, 6) is 0.220. The van der Waals surface area contributed by atoms with Crippen molar-refractivity contribution in [3.05, 3.63) is 127 Å². The third-order valence-corrected chi connectivity index (χ3v) is 6.23. The number of rotatable bonds is 5. The van der Waals surface area contributed by atoms with Crippen LogP contribution in [0.15, 0.2) is 109 Å². The number of hydrogen-bond donors (Lipinski definition) is 1. The van der Waals surface area contributed by atoms with Crippen LogP contribution in [-0.2, 0) is 26.5 Å². The SMILES string of the molecule is CC(C)(c1ccccc1)c1cccc(O)c1-c1cccc(-c2[c-]c(-c3ccccn3)ccc2)n1.[Pt]. The second kappa shape index (κ2) is 10.4. The number of pyridine rings is 2. The number of phenolic OH excluding ortho intramolecular Hbond substituents is 1. The molecule has 35 heavy (non-hydrogen) atoms. The van der Waals surface area contributed by atoms with Crippen molar-refractivity contribution in [2.45, 2.75) is 19.3 Å². The van der Waals surface area contributed by atoms with Gasteiger partial charge in [-0.25, -0.2) is 0 Å². The van der Waals surface area contributed by atoms with Gasteiger partial charge in [-0.15, -0.1) is 24.3 Å². The van der Waals surface area contributed by atoms with Gasteiger partial charge in [0.25, 0.3) is 0 Å². The van der Waals surface area contributed by atoms with E-state index in [0.29, 0.717) is 0 Å². The molecular formula is C31H25N2OPt-. The number of benzene rings is 3. The Morgan fingerprint density at radius 2 is 1.29 bits per heavy atom. The fourth-order valence-corrected chi connectivity index (χ4v) is 4.35. The molecular weight excluding hydrogens is 611 g/mol. The molecule has 3 aromatic carbocycles. The second-order valence-corrected chi connectivity index (χ2v) is 8.79. The van der Waals surface area contributed by atoms with Gasteiger partial charge in [0.15, 0.2) is 0 Å². The summed E-state index contributed by atoms with van der Waals surface area (Å²) in [5, 5.41) is 11.0. The van der Waals surface area contributed by atoms with Gasteiger partial charge in [-0.1, -0.05) is 91.7 Å². The van der Waals surface area contributed by atoms with E-state index in [2.05, 4.69) is 43.1 Å². The molecule has 0 spiro atoms. The van der Waals surface area contributed by atoms with E-state index in [-0.39, 0.29) is 32.2 Å². The first kappa shape index (κ1) is 24.6. The van der Waals surface area contributed by atoms with Crippen LogP contribution in [0.5, 0.6) is 5.75 Å². The Morgan fingerprint density at radius 1 is 0.657 bits per heavy atom. The van der Waals surface area contributed by atoms with Crippen molar-refractivity contribution in [3.63, 3.8) is 0 Å². The third-order valence-electron chi connectivity index (χ3n) is 6.23. The van der Waals surface area contributed by atoms with Gasteiger partial charge in [-0.2, -0.15) is 0 Å². The van der Waals surface area contributed by atoms with Crippen molar-refractivity contribution < 1.29 is 26.2 Å². The summed E-state index contributed by atoms with van der Waals surface area (Å²) in [7, 11) is 0. The van der Waals surface area contributed by atoms with Crippen molar-refractivity contribution in [2.24, 2.45) is 0 Å². The Kier molecular flexibility index (Phi) is 7.28. The smallest absolute Gasteiger partial charge is 0.125 e. The normalized spacial score (nSPS) is 11.0. The van der Waals surface area contributed by atoms with Crippen molar-refractivity contribution in [2.75, 3.05) is 0 Å². The average Bonchev–Trinajstić information content (AvgIpc) is 2.90. The standard InChI is InChI=1S/C31H25N2O.Pt/c1-31(2,24-13-4-3-5-14-24)25-15-9-19-29(34)30(25)28-18-10-17-27(33-28)23-12-8-11-22(21-23)26-16-6-7-20-32-26;/h3-20,34H,1-2H3;/q-1;. The molecule has 0 aliphatic carbocycles. The zero-order valence-electron chi connectivity index (χ0n) is 19.6. The van der Waals surface area contributed by atoms with Crippen LogP contribution < -0.4 is 0 Å². The fourth-order valence-electron chi connectivity index (χ4n) is 4.35. The van der Waals surface area contributed by atoms with Crippen molar-refractivity contribution in [3.8, 4) is 39.5 Å². The zero-order chi connectivity index (χ0) is 23.5. The molecule has 0 aliphatic rings. The Morgan fingerprint density at radius 3 is 2.03 bits per heavy atom. The summed E-state index contributed by atoms with van der Waals surface area (Å²) in [6.45, 7) is 4.35. The first-order chi connectivity index (χ1) is 16.5. The Hall–Kier alpha value is -3.55. The zero-order valence-corrected chi connectivity index (χ0v) is 21.8. The van der Waals surface area contributed by atoms with E-state index < -0.39 is 0 Å². The molecule has 0 atom stereocenters. The molecule has 0 saturated carbocycles. The van der Waals surface area contributed by atoms with Gasteiger partial charge in [0, 0.05) is 49.6 Å². The van der Waals surface area contributed by atoms with E-state index in [0.717, 1.165) is 39.3 Å². The van der Waals surface area contributed by atoms with Gasteiger partial charge in [-0.05, 0) is 29.3 Å². The number of aromatic hydroxyl groups is 1. The minimum Gasteiger partial charge on any atom is -0.507 e. The monoisotopic (exact) mass is 636 g/mol. The number of phenols is 1. The molecule has 0 radical (unpaired) electrons. The van der Waals surface area contributed by atoms with Crippen LogP contribution in [0.25, 0.3) is 33.8 Å². The average molecular weight is 637 g/mol. The molecule has 0 bridgehead atoms. The van der Waals surface area contributed by atoms with Crippen LogP contribution in [0.2, 0.25) is 0 Å². The third kappa shape index (κ3) is 4.97. The predicted octanol–water partition coefficient (Wildman–Crippen LogP) is 7.31. The van der Waals surface area contributed by atoms with E-state index in [4.69, 9.17) is 4.98 Å². The maximum atomic E-state index is 11.0. The molecule has 5 aromatic rings. The molecule has 5 rings (SSSR count). The molecule has 2 aromatic heterocycles. The van der Waals surface area contributed by atoms with Gasteiger partial charge >= 0.3 is 0 Å². The van der Waals surface area contributed by atoms with Crippen LogP contribution >= 0.6 is 0 Å². The molecule has 3 nitrogen and oxygen atoms in total. The molecule has 4 heteroatoms. The van der Waals surface area contributed by atoms with E-state index in [1.807, 2.05) is 78.9 Å². The van der Waals surface area contributed by atoms with Gasteiger partial charge in [0.1, 0.15) is 5.75 Å². The van der Waals surface area contributed by atoms with Crippen LogP contribution in [0.1, 0.15) is 25.0 Å². The van der Waals surface area contributed by atoms with Crippen LogP contribution in [0.4, 0.5) is 0 Å². The van der Waals surface area contributed by atoms with Gasteiger partial charge < -0.3 is 5.11 Å². The van der Waals surface area contributed by atoms with Crippen LogP contribution in [0, 0.1) is 6.07 Å². The Balaban J connectivity index is 0.00000289. The van der Waals surface area contributed by atoms with Gasteiger partial charge in [0.05, 0.1) is 5.69 Å². The number of aromatic nitrogens is 2. The second-order valence-electron chi connectivity index (χ2n) is 8.79. The number of nitrogens with zero attached hydrogens (tertiary/aromatic N) is 2. The van der Waals surface area contributed by atoms with Crippen molar-refractivity contribution in [1.29, 1.82) is 0 Å². The molecule has 2 heterocycles. The quantitative estimate of drug-likeness (QED) is 0.206. The summed E-state index contributed by atoms with van der Waals surface area (Å²) in [5.41, 5.74) is 6.81. The molecule has 0 fully saturated rings. The molecule has 0 unspecified atom stereocenters. The molecule has 176 valence electrons.